The fourth-order valence-electron chi connectivity index (χ4n) is 10.6. The molecule has 4 unspecified atom stereocenters. The molecule has 5 aliphatic rings. The maximum absolute atomic E-state index is 15.4. The Kier molecular flexibility index (Phi) is 12.2. The summed E-state index contributed by atoms with van der Waals surface area (Å²) in [5.41, 5.74) is -3.44. The molecule has 14 heteroatoms. The Bertz CT molecular complexity index is 2040. The lowest BCUT2D eigenvalue weighted by Crippen LogP contribution is -2.71. The quantitative estimate of drug-likeness (QED) is 0.156. The van der Waals surface area contributed by atoms with Crippen molar-refractivity contribution in [1.29, 1.82) is 0 Å². The summed E-state index contributed by atoms with van der Waals surface area (Å²) in [6, 6.07) is 16.6. The maximum Gasteiger partial charge on any atom is 0.408 e. The number of benzene rings is 2. The van der Waals surface area contributed by atoms with Crippen LogP contribution >= 0.6 is 0 Å². The highest BCUT2D eigenvalue weighted by atomic mass is 16.6. The van der Waals surface area contributed by atoms with Gasteiger partial charge >= 0.3 is 24.0 Å². The number of amides is 1. The summed E-state index contributed by atoms with van der Waals surface area (Å²) in [6.45, 7) is 15.1. The van der Waals surface area contributed by atoms with Gasteiger partial charge in [0.2, 0.25) is 0 Å². The summed E-state index contributed by atoms with van der Waals surface area (Å²) in [7, 11) is 0. The fourth-order valence-corrected chi connectivity index (χ4v) is 10.6. The van der Waals surface area contributed by atoms with Crippen LogP contribution in [0.4, 0.5) is 4.79 Å². The van der Waals surface area contributed by atoms with Crippen molar-refractivity contribution in [2.24, 2.45) is 34.5 Å². The molecular formula is C46H57NO13. The average molecular weight is 832 g/mol. The van der Waals surface area contributed by atoms with Crippen molar-refractivity contribution >= 4 is 35.8 Å². The summed E-state index contributed by atoms with van der Waals surface area (Å²) in [6.07, 6.45) is -4.54. The summed E-state index contributed by atoms with van der Waals surface area (Å²) < 4.78 is 30.3. The van der Waals surface area contributed by atoms with Crippen LogP contribution < -0.4 is 5.32 Å². The Balaban J connectivity index is 0.00000144. The zero-order valence-electron chi connectivity index (χ0n) is 35.7. The smallest absolute Gasteiger partial charge is 0.408 e. The molecule has 0 aromatic heterocycles. The van der Waals surface area contributed by atoms with E-state index in [2.05, 4.69) is 5.32 Å². The molecule has 4 aliphatic carbocycles. The molecule has 1 heterocycles. The Morgan fingerprint density at radius 2 is 1.55 bits per heavy atom. The Morgan fingerprint density at radius 3 is 2.10 bits per heavy atom. The van der Waals surface area contributed by atoms with Crippen molar-refractivity contribution in [3.05, 3.63) is 82.9 Å². The van der Waals surface area contributed by atoms with Crippen LogP contribution in [0.5, 0.6) is 0 Å². The van der Waals surface area contributed by atoms with E-state index in [1.54, 1.807) is 96.1 Å². The molecule has 1 spiro atoms. The third kappa shape index (κ3) is 8.07. The number of alkyl carbamates (subject to hydrolysis) is 1. The lowest BCUT2D eigenvalue weighted by Gasteiger charge is -2.61. The first-order valence-electron chi connectivity index (χ1n) is 20.5. The molecule has 0 radical (unpaired) electrons. The van der Waals surface area contributed by atoms with Gasteiger partial charge in [0.15, 0.2) is 11.9 Å². The summed E-state index contributed by atoms with van der Waals surface area (Å²) in [5.74, 6) is -4.41. The van der Waals surface area contributed by atoms with Crippen LogP contribution in [-0.2, 0) is 42.9 Å². The number of aliphatic carboxylic acids is 1. The topological polar surface area (TPSA) is 201 Å². The van der Waals surface area contributed by atoms with E-state index in [0.29, 0.717) is 29.7 Å². The number of ketones is 1. The summed E-state index contributed by atoms with van der Waals surface area (Å²) in [4.78, 5) is 78.3. The number of carboxylic acids is 1. The number of aliphatic hydroxyl groups is 1. The number of hydrogen-bond acceptors (Lipinski definition) is 12. The minimum Gasteiger partial charge on any atom is -0.481 e. The highest BCUT2D eigenvalue weighted by molar-refractivity contribution is 5.98. The second-order valence-electron chi connectivity index (χ2n) is 18.3. The first-order chi connectivity index (χ1) is 28.0. The molecule has 3 N–H and O–H groups in total. The second-order valence-corrected chi connectivity index (χ2v) is 18.3. The Labute approximate surface area is 350 Å². The molecule has 1 saturated heterocycles. The van der Waals surface area contributed by atoms with E-state index in [9.17, 15) is 24.3 Å². The van der Waals surface area contributed by atoms with Gasteiger partial charge in [-0.1, -0.05) is 69.3 Å². The van der Waals surface area contributed by atoms with E-state index in [1.807, 2.05) is 13.0 Å². The number of esters is 3. The average Bonchev–Trinajstić information content (AvgIpc) is 3.75. The number of rotatable bonds is 8. The van der Waals surface area contributed by atoms with Crippen molar-refractivity contribution in [3.8, 4) is 0 Å². The Hall–Kier alpha value is -5.08. The summed E-state index contributed by atoms with van der Waals surface area (Å²) >= 11 is 0. The van der Waals surface area contributed by atoms with Gasteiger partial charge < -0.3 is 39.2 Å². The highest BCUT2D eigenvalue weighted by Gasteiger charge is 2.82. The van der Waals surface area contributed by atoms with E-state index < -0.39 is 82.3 Å². The molecule has 324 valence electrons. The van der Waals surface area contributed by atoms with E-state index in [0.717, 1.165) is 6.92 Å². The van der Waals surface area contributed by atoms with E-state index in [-0.39, 0.29) is 48.0 Å². The minimum absolute atomic E-state index is 0.148. The lowest BCUT2D eigenvalue weighted by atomic mass is 9.49. The van der Waals surface area contributed by atoms with Gasteiger partial charge in [-0.05, 0) is 74.8 Å². The van der Waals surface area contributed by atoms with Gasteiger partial charge in [0.1, 0.15) is 23.4 Å². The van der Waals surface area contributed by atoms with Crippen LogP contribution in [-0.4, -0.2) is 88.2 Å². The predicted octanol–water partition coefficient (Wildman–Crippen LogP) is 6.15. The Morgan fingerprint density at radius 1 is 0.950 bits per heavy atom. The number of carboxylic acid groups (broad SMARTS) is 1. The van der Waals surface area contributed by atoms with Gasteiger partial charge in [-0.2, -0.15) is 0 Å². The number of ether oxygens (including phenoxy) is 5. The van der Waals surface area contributed by atoms with Gasteiger partial charge in [-0.15, -0.1) is 0 Å². The van der Waals surface area contributed by atoms with E-state index >= 15 is 4.79 Å². The van der Waals surface area contributed by atoms with Crippen LogP contribution in [0, 0.1) is 34.5 Å². The molecule has 2 aromatic rings. The molecular weight excluding hydrogens is 774 g/mol. The number of Topliss-reactive ketones (excluding diaryl/α,β-unsaturated/α-hetero) is 1. The van der Waals surface area contributed by atoms with Crippen LogP contribution in [0.15, 0.2) is 71.8 Å². The van der Waals surface area contributed by atoms with E-state index in [1.165, 1.54) is 6.92 Å². The van der Waals surface area contributed by atoms with Gasteiger partial charge in [-0.3, -0.25) is 19.2 Å². The maximum atomic E-state index is 15.4. The first-order valence-corrected chi connectivity index (χ1v) is 20.5. The molecule has 7 rings (SSSR count). The molecule has 2 aromatic carbocycles. The van der Waals surface area contributed by atoms with Gasteiger partial charge in [0.05, 0.1) is 30.7 Å². The SMILES string of the molecule is CC(=O)O.CC(=O)O[C@H]1C(=O)C23C(C[C@H]4OCC4C2[C@H](OC(=O)c2ccccc2)[C@]2(O)C[C@H](OC(=O)C[C@@H](NC(=O)OC(C)(C)C)c4ccccc4)C(C)=C1C2(C)C)[C@@H]3C. The zero-order chi connectivity index (χ0) is 44.1. The molecule has 2 bridgehead atoms. The van der Waals surface area contributed by atoms with Crippen molar-refractivity contribution in [3.63, 3.8) is 0 Å². The van der Waals surface area contributed by atoms with Crippen LogP contribution in [0.3, 0.4) is 0 Å². The molecule has 3 saturated carbocycles. The fraction of sp³-hybridized carbons (Fsp3) is 0.565. The number of carbonyl (C=O) groups excluding carboxylic acids is 5. The normalized spacial score (nSPS) is 32.5. The van der Waals surface area contributed by atoms with Gasteiger partial charge in [0.25, 0.3) is 5.97 Å². The van der Waals surface area contributed by atoms with Crippen molar-refractivity contribution < 1.29 is 62.7 Å². The molecule has 14 nitrogen and oxygen atoms in total. The number of nitrogens with one attached hydrogen (secondary N) is 1. The molecule has 1 aliphatic heterocycles. The van der Waals surface area contributed by atoms with Gasteiger partial charge in [0, 0.05) is 42.9 Å². The standard InChI is InChI=1S/C44H53NO11.C2H4O2/c1-23-32(54-33(47)20-30(26-15-11-9-12-16-26)45-40(50)56-41(4,5)6)21-43(51)38(55-39(49)27-17-13-10-14-18-27)35-28-22-52-31(28)19-29-24(2)44(29,35)37(48)36(53-25(3)46)34(23)42(43,7)8;1-2(3)4/h9-18,24,28-32,35-36,38,51H,19-22H2,1-8H3,(H,45,50);1H3,(H,3,4)/t24-,28?,29?,30+,31+,32-,35?,36+,38-,43+,44?;/m0./s1. The number of hydrogen-bond donors (Lipinski definition) is 3. The first kappa shape index (κ1) is 44.5. The van der Waals surface area contributed by atoms with Crippen LogP contribution in [0.25, 0.3) is 0 Å². The van der Waals surface area contributed by atoms with Crippen molar-refractivity contribution in [2.75, 3.05) is 6.61 Å². The van der Waals surface area contributed by atoms with Gasteiger partial charge in [-0.25, -0.2) is 9.59 Å². The van der Waals surface area contributed by atoms with Crippen molar-refractivity contribution in [1.82, 2.24) is 5.32 Å². The predicted molar refractivity (Wildman–Crippen MR) is 215 cm³/mol. The van der Waals surface area contributed by atoms with E-state index in [4.69, 9.17) is 33.6 Å². The third-order valence-corrected chi connectivity index (χ3v) is 13.3. The highest BCUT2D eigenvalue weighted by Crippen LogP contribution is 2.76. The number of fused-ring (bicyclic) bond motifs is 4. The molecule has 1 amide bonds. The zero-order valence-corrected chi connectivity index (χ0v) is 35.7. The van der Waals surface area contributed by atoms with Crippen molar-refractivity contribution in [2.45, 2.75) is 123 Å². The molecule has 4 fully saturated rings. The molecule has 60 heavy (non-hydrogen) atoms. The van der Waals surface area contributed by atoms with Crippen LogP contribution in [0.1, 0.15) is 104 Å². The monoisotopic (exact) mass is 831 g/mol. The summed E-state index contributed by atoms with van der Waals surface area (Å²) in [5, 5.41) is 23.7. The third-order valence-electron chi connectivity index (χ3n) is 13.3. The minimum atomic E-state index is -1.94. The lowest BCUT2D eigenvalue weighted by molar-refractivity contribution is -0.249. The largest absolute Gasteiger partial charge is 0.481 e. The number of carbonyl (C=O) groups is 6. The van der Waals surface area contributed by atoms with Crippen LogP contribution in [0.2, 0.25) is 0 Å². The molecule has 11 atom stereocenters. The second kappa shape index (κ2) is 16.4.